The van der Waals surface area contributed by atoms with Crippen LogP contribution in [0.25, 0.3) is 11.3 Å². The summed E-state index contributed by atoms with van der Waals surface area (Å²) in [5.74, 6) is 0.610. The Hall–Kier alpha value is -2.96. The molecule has 0 fully saturated rings. The van der Waals surface area contributed by atoms with Crippen LogP contribution in [0.3, 0.4) is 0 Å². The molecule has 0 atom stereocenters. The zero-order chi connectivity index (χ0) is 16.7. The molecule has 0 unspecified atom stereocenters. The molecule has 2 aromatic rings. The Morgan fingerprint density at radius 1 is 1.35 bits per heavy atom. The van der Waals surface area contributed by atoms with Gasteiger partial charge in [0.15, 0.2) is 0 Å². The highest BCUT2D eigenvalue weighted by molar-refractivity contribution is 5.81. The SMILES string of the molecule is CCCCC(=O)N/N=C\c1ccc(-c2ccccc2[N+](=O)[O-])o1. The van der Waals surface area contributed by atoms with Crippen LogP contribution in [0.15, 0.2) is 45.9 Å². The molecule has 1 aromatic heterocycles. The van der Waals surface area contributed by atoms with Crippen LogP contribution in [0, 0.1) is 10.1 Å². The fourth-order valence-corrected chi connectivity index (χ4v) is 1.97. The molecule has 0 spiro atoms. The van der Waals surface area contributed by atoms with E-state index < -0.39 is 4.92 Å². The molecule has 0 aliphatic rings. The lowest BCUT2D eigenvalue weighted by Gasteiger charge is -1.98. The summed E-state index contributed by atoms with van der Waals surface area (Å²) in [5.41, 5.74) is 2.77. The Bertz CT molecular complexity index is 722. The summed E-state index contributed by atoms with van der Waals surface area (Å²) in [6.45, 7) is 2.00. The number of nitrogens with zero attached hydrogens (tertiary/aromatic N) is 2. The van der Waals surface area contributed by atoms with E-state index in [1.807, 2.05) is 6.92 Å². The van der Waals surface area contributed by atoms with Crippen molar-refractivity contribution in [2.75, 3.05) is 0 Å². The lowest BCUT2D eigenvalue weighted by molar-refractivity contribution is -0.384. The second-order valence-electron chi connectivity index (χ2n) is 4.87. The molecule has 1 aromatic carbocycles. The average Bonchev–Trinajstić information content (AvgIpc) is 3.01. The fraction of sp³-hybridized carbons (Fsp3) is 0.250. The normalized spacial score (nSPS) is 10.8. The first kappa shape index (κ1) is 16.4. The quantitative estimate of drug-likeness (QED) is 0.480. The summed E-state index contributed by atoms with van der Waals surface area (Å²) in [6, 6.07) is 9.59. The van der Waals surface area contributed by atoms with Crippen molar-refractivity contribution in [3.05, 3.63) is 52.3 Å². The monoisotopic (exact) mass is 315 g/mol. The maximum absolute atomic E-state index is 11.4. The summed E-state index contributed by atoms with van der Waals surface area (Å²) in [4.78, 5) is 22.0. The molecule has 2 rings (SSSR count). The second kappa shape index (κ2) is 7.88. The summed E-state index contributed by atoms with van der Waals surface area (Å²) in [5, 5.41) is 14.8. The topological polar surface area (TPSA) is 97.7 Å². The summed E-state index contributed by atoms with van der Waals surface area (Å²) in [6.07, 6.45) is 3.54. The van der Waals surface area contributed by atoms with E-state index in [0.29, 0.717) is 23.5 Å². The number of nitro benzene ring substituents is 1. The minimum Gasteiger partial charge on any atom is -0.455 e. The van der Waals surface area contributed by atoms with Crippen LogP contribution < -0.4 is 5.43 Å². The van der Waals surface area contributed by atoms with Crippen molar-refractivity contribution in [2.24, 2.45) is 5.10 Å². The van der Waals surface area contributed by atoms with Gasteiger partial charge in [0.05, 0.1) is 16.7 Å². The van der Waals surface area contributed by atoms with Crippen LogP contribution in [-0.4, -0.2) is 17.0 Å². The number of unbranched alkanes of at least 4 members (excludes halogenated alkanes) is 1. The molecule has 0 aliphatic heterocycles. The molecule has 7 heteroatoms. The van der Waals surface area contributed by atoms with Gasteiger partial charge in [0, 0.05) is 12.5 Å². The van der Waals surface area contributed by atoms with Gasteiger partial charge in [-0.2, -0.15) is 5.10 Å². The summed E-state index contributed by atoms with van der Waals surface area (Å²) in [7, 11) is 0. The Morgan fingerprint density at radius 3 is 2.87 bits per heavy atom. The van der Waals surface area contributed by atoms with E-state index in [0.717, 1.165) is 12.8 Å². The minimum atomic E-state index is -0.459. The van der Waals surface area contributed by atoms with Gasteiger partial charge in [0.2, 0.25) is 5.91 Å². The van der Waals surface area contributed by atoms with Gasteiger partial charge in [-0.3, -0.25) is 14.9 Å². The van der Waals surface area contributed by atoms with E-state index >= 15 is 0 Å². The van der Waals surface area contributed by atoms with E-state index in [1.54, 1.807) is 30.3 Å². The molecule has 23 heavy (non-hydrogen) atoms. The number of hydrazone groups is 1. The third-order valence-electron chi connectivity index (χ3n) is 3.13. The van der Waals surface area contributed by atoms with Gasteiger partial charge in [-0.25, -0.2) is 5.43 Å². The molecule has 0 aliphatic carbocycles. The van der Waals surface area contributed by atoms with Crippen LogP contribution in [-0.2, 0) is 4.79 Å². The summed E-state index contributed by atoms with van der Waals surface area (Å²) >= 11 is 0. The maximum atomic E-state index is 11.4. The molecule has 1 amide bonds. The number of rotatable bonds is 7. The lowest BCUT2D eigenvalue weighted by atomic mass is 10.1. The first-order valence-electron chi connectivity index (χ1n) is 7.27. The van der Waals surface area contributed by atoms with Gasteiger partial charge in [-0.05, 0) is 24.6 Å². The predicted molar refractivity (Wildman–Crippen MR) is 86.1 cm³/mol. The first-order valence-corrected chi connectivity index (χ1v) is 7.27. The Morgan fingerprint density at radius 2 is 2.13 bits per heavy atom. The van der Waals surface area contributed by atoms with Crippen molar-refractivity contribution in [1.82, 2.24) is 5.43 Å². The van der Waals surface area contributed by atoms with Crippen molar-refractivity contribution in [3.63, 3.8) is 0 Å². The van der Waals surface area contributed by atoms with Crippen LogP contribution >= 0.6 is 0 Å². The molecule has 0 radical (unpaired) electrons. The molecule has 0 saturated carbocycles. The van der Waals surface area contributed by atoms with Gasteiger partial charge in [0.25, 0.3) is 5.69 Å². The number of furan rings is 1. The van der Waals surface area contributed by atoms with Crippen molar-refractivity contribution in [1.29, 1.82) is 0 Å². The maximum Gasteiger partial charge on any atom is 0.280 e. The van der Waals surface area contributed by atoms with Crippen molar-refractivity contribution < 1.29 is 14.1 Å². The number of amides is 1. The molecule has 120 valence electrons. The highest BCUT2D eigenvalue weighted by Crippen LogP contribution is 2.30. The van der Waals surface area contributed by atoms with Gasteiger partial charge < -0.3 is 4.42 Å². The average molecular weight is 315 g/mol. The third-order valence-corrected chi connectivity index (χ3v) is 3.13. The molecular formula is C16H17N3O4. The second-order valence-corrected chi connectivity index (χ2v) is 4.87. The van der Waals surface area contributed by atoms with Crippen molar-refractivity contribution >= 4 is 17.8 Å². The largest absolute Gasteiger partial charge is 0.455 e. The highest BCUT2D eigenvalue weighted by atomic mass is 16.6. The number of para-hydroxylation sites is 1. The van der Waals surface area contributed by atoms with Gasteiger partial charge in [-0.15, -0.1) is 0 Å². The van der Waals surface area contributed by atoms with E-state index in [9.17, 15) is 14.9 Å². The highest BCUT2D eigenvalue weighted by Gasteiger charge is 2.16. The number of nitrogens with one attached hydrogen (secondary N) is 1. The number of hydrogen-bond acceptors (Lipinski definition) is 5. The number of benzene rings is 1. The van der Waals surface area contributed by atoms with Crippen LogP contribution in [0.1, 0.15) is 31.9 Å². The third kappa shape index (κ3) is 4.50. The van der Waals surface area contributed by atoms with Crippen LogP contribution in [0.2, 0.25) is 0 Å². The summed E-state index contributed by atoms with van der Waals surface area (Å²) < 4.78 is 5.52. The molecule has 1 heterocycles. The zero-order valence-corrected chi connectivity index (χ0v) is 12.7. The van der Waals surface area contributed by atoms with Crippen LogP contribution in [0.4, 0.5) is 5.69 Å². The molecule has 0 bridgehead atoms. The molecule has 0 saturated heterocycles. The molecule has 1 N–H and O–H groups in total. The predicted octanol–water partition coefficient (Wildman–Crippen LogP) is 3.50. The van der Waals surface area contributed by atoms with E-state index in [2.05, 4.69) is 10.5 Å². The van der Waals surface area contributed by atoms with Crippen molar-refractivity contribution in [2.45, 2.75) is 26.2 Å². The number of carbonyl (C=O) groups excluding carboxylic acids is 1. The number of nitro groups is 1. The Kier molecular flexibility index (Phi) is 5.62. The number of hydrogen-bond donors (Lipinski definition) is 1. The Labute approximate surface area is 133 Å². The molecule has 7 nitrogen and oxygen atoms in total. The van der Waals surface area contributed by atoms with E-state index in [4.69, 9.17) is 4.42 Å². The van der Waals surface area contributed by atoms with Crippen molar-refractivity contribution in [3.8, 4) is 11.3 Å². The standard InChI is InChI=1S/C16H17N3O4/c1-2-3-8-16(20)18-17-11-12-9-10-15(23-12)13-6-4-5-7-14(13)19(21)22/h4-7,9-11H,2-3,8H2,1H3,(H,18,20)/b17-11-. The van der Waals surface area contributed by atoms with Gasteiger partial charge in [-0.1, -0.05) is 25.5 Å². The van der Waals surface area contributed by atoms with Crippen LogP contribution in [0.5, 0.6) is 0 Å². The Balaban J connectivity index is 2.07. The zero-order valence-electron chi connectivity index (χ0n) is 12.7. The number of carbonyl (C=O) groups is 1. The van der Waals surface area contributed by atoms with E-state index in [1.165, 1.54) is 12.3 Å². The minimum absolute atomic E-state index is 0.0294. The lowest BCUT2D eigenvalue weighted by Crippen LogP contribution is -2.16. The van der Waals surface area contributed by atoms with Gasteiger partial charge >= 0.3 is 0 Å². The smallest absolute Gasteiger partial charge is 0.280 e. The van der Waals surface area contributed by atoms with Gasteiger partial charge in [0.1, 0.15) is 11.5 Å². The molecular weight excluding hydrogens is 298 g/mol. The van der Waals surface area contributed by atoms with E-state index in [-0.39, 0.29) is 11.6 Å². The first-order chi connectivity index (χ1) is 11.1. The fourth-order valence-electron chi connectivity index (χ4n) is 1.97.